The average molecular weight is 383 g/mol. The Morgan fingerprint density at radius 1 is 1.17 bits per heavy atom. The molecule has 2 unspecified atom stereocenters. The fourth-order valence-electron chi connectivity index (χ4n) is 4.30. The van der Waals surface area contributed by atoms with E-state index in [1.807, 2.05) is 12.4 Å². The average Bonchev–Trinajstić information content (AvgIpc) is 3.10. The molecule has 0 aliphatic carbocycles. The summed E-state index contributed by atoms with van der Waals surface area (Å²) < 4.78 is 8.44. The van der Waals surface area contributed by atoms with Gasteiger partial charge in [0, 0.05) is 37.5 Å². The Labute approximate surface area is 144 Å². The van der Waals surface area contributed by atoms with Crippen LogP contribution in [0.2, 0.25) is 0 Å². The second-order valence-corrected chi connectivity index (χ2v) is 7.81. The van der Waals surface area contributed by atoms with Crippen LogP contribution < -0.4 is 5.32 Å². The lowest BCUT2D eigenvalue weighted by atomic mass is 9.97. The summed E-state index contributed by atoms with van der Waals surface area (Å²) in [6.07, 6.45) is 9.99. The van der Waals surface area contributed by atoms with E-state index in [1.54, 1.807) is 0 Å². The molecule has 0 spiro atoms. The number of carbonyl (C=O) groups is 1. The molecule has 2 atom stereocenters. The quantitative estimate of drug-likeness (QED) is 0.855. The van der Waals surface area contributed by atoms with Gasteiger partial charge in [-0.05, 0) is 54.5 Å². The zero-order chi connectivity index (χ0) is 15.8. The highest BCUT2D eigenvalue weighted by atomic mass is 79.9. The number of fused-ring (bicyclic) bond motifs is 2. The van der Waals surface area contributed by atoms with Gasteiger partial charge in [0.25, 0.3) is 0 Å². The minimum absolute atomic E-state index is 0.129. The molecule has 4 heterocycles. The van der Waals surface area contributed by atoms with Crippen molar-refractivity contribution in [2.75, 3.05) is 13.2 Å². The number of rotatable bonds is 2. The number of hydrogen-bond donors (Lipinski definition) is 1. The number of nitrogens with one attached hydrogen (secondary N) is 1. The normalized spacial score (nSPS) is 31.3. The van der Waals surface area contributed by atoms with Crippen molar-refractivity contribution < 1.29 is 9.53 Å². The number of amides is 2. The van der Waals surface area contributed by atoms with Gasteiger partial charge in [-0.2, -0.15) is 5.10 Å². The van der Waals surface area contributed by atoms with E-state index in [2.05, 4.69) is 35.9 Å². The Kier molecular flexibility index (Phi) is 4.32. The first-order valence-corrected chi connectivity index (χ1v) is 9.36. The second-order valence-electron chi connectivity index (χ2n) is 6.89. The molecule has 1 aromatic heterocycles. The van der Waals surface area contributed by atoms with Gasteiger partial charge in [0.2, 0.25) is 0 Å². The molecule has 126 valence electrons. The van der Waals surface area contributed by atoms with Gasteiger partial charge in [0.1, 0.15) is 0 Å². The maximum atomic E-state index is 12.7. The van der Waals surface area contributed by atoms with Crippen molar-refractivity contribution >= 4 is 22.0 Å². The van der Waals surface area contributed by atoms with Crippen molar-refractivity contribution in [1.29, 1.82) is 0 Å². The zero-order valence-electron chi connectivity index (χ0n) is 13.2. The van der Waals surface area contributed by atoms with E-state index in [9.17, 15) is 4.79 Å². The van der Waals surface area contributed by atoms with E-state index in [-0.39, 0.29) is 12.1 Å². The number of ether oxygens (including phenoxy) is 1. The van der Waals surface area contributed by atoms with Crippen molar-refractivity contribution in [2.45, 2.75) is 62.7 Å². The van der Waals surface area contributed by atoms with Crippen LogP contribution in [0, 0.1) is 0 Å². The summed E-state index contributed by atoms with van der Waals surface area (Å²) in [4.78, 5) is 14.8. The van der Waals surface area contributed by atoms with Gasteiger partial charge in [-0.15, -0.1) is 0 Å². The highest BCUT2D eigenvalue weighted by molar-refractivity contribution is 9.10. The monoisotopic (exact) mass is 382 g/mol. The number of piperidine rings is 1. The lowest BCUT2D eigenvalue weighted by Gasteiger charge is -2.40. The van der Waals surface area contributed by atoms with Crippen LogP contribution >= 0.6 is 15.9 Å². The first kappa shape index (κ1) is 15.4. The molecule has 0 radical (unpaired) electrons. The van der Waals surface area contributed by atoms with Crippen molar-refractivity contribution in [3.8, 4) is 0 Å². The number of urea groups is 1. The number of nitrogens with zero attached hydrogens (tertiary/aromatic N) is 3. The largest absolute Gasteiger partial charge is 0.381 e. The van der Waals surface area contributed by atoms with Crippen LogP contribution in [-0.2, 0) is 4.74 Å². The summed E-state index contributed by atoms with van der Waals surface area (Å²) in [6.45, 7) is 1.52. The molecule has 3 aliphatic heterocycles. The summed E-state index contributed by atoms with van der Waals surface area (Å²) in [5.74, 6) is 0. The predicted molar refractivity (Wildman–Crippen MR) is 89.2 cm³/mol. The lowest BCUT2D eigenvalue weighted by molar-refractivity contribution is 0.0730. The highest BCUT2D eigenvalue weighted by Crippen LogP contribution is 2.40. The van der Waals surface area contributed by atoms with Crippen LogP contribution in [0.25, 0.3) is 0 Å². The molecule has 3 aliphatic rings. The third kappa shape index (κ3) is 3.13. The van der Waals surface area contributed by atoms with Crippen LogP contribution in [0.3, 0.4) is 0 Å². The minimum atomic E-state index is 0.129. The summed E-state index contributed by atoms with van der Waals surface area (Å²) in [7, 11) is 0. The molecule has 23 heavy (non-hydrogen) atoms. The van der Waals surface area contributed by atoms with E-state index in [4.69, 9.17) is 4.74 Å². The smallest absolute Gasteiger partial charge is 0.318 e. The Balaban J connectivity index is 1.40. The van der Waals surface area contributed by atoms with Gasteiger partial charge in [-0.3, -0.25) is 4.68 Å². The molecule has 3 fully saturated rings. The standard InChI is InChI=1S/C16H23BrN4O2/c17-11-9-18-20(10-11)15-7-13-1-2-14(8-15)21(13)16(22)19-12-3-5-23-6-4-12/h9-10,12-15H,1-8H2,(H,19,22). The van der Waals surface area contributed by atoms with Crippen molar-refractivity contribution in [1.82, 2.24) is 20.0 Å². The molecule has 6 nitrogen and oxygen atoms in total. The lowest BCUT2D eigenvalue weighted by Crippen LogP contribution is -2.53. The number of aromatic nitrogens is 2. The molecule has 3 saturated heterocycles. The van der Waals surface area contributed by atoms with E-state index < -0.39 is 0 Å². The number of carbonyl (C=O) groups excluding carboxylic acids is 1. The molecule has 4 rings (SSSR count). The minimum Gasteiger partial charge on any atom is -0.381 e. The molecule has 1 N–H and O–H groups in total. The molecule has 7 heteroatoms. The highest BCUT2D eigenvalue weighted by Gasteiger charge is 2.44. The third-order valence-electron chi connectivity index (χ3n) is 5.44. The Hall–Kier alpha value is -1.08. The van der Waals surface area contributed by atoms with Gasteiger partial charge in [0.15, 0.2) is 0 Å². The van der Waals surface area contributed by atoms with Crippen molar-refractivity contribution in [3.63, 3.8) is 0 Å². The van der Waals surface area contributed by atoms with Crippen molar-refractivity contribution in [3.05, 3.63) is 16.9 Å². The van der Waals surface area contributed by atoms with Gasteiger partial charge >= 0.3 is 6.03 Å². The molecular formula is C16H23BrN4O2. The maximum absolute atomic E-state index is 12.7. The molecule has 2 bridgehead atoms. The first-order chi connectivity index (χ1) is 11.2. The van der Waals surface area contributed by atoms with Crippen LogP contribution in [0.15, 0.2) is 16.9 Å². The third-order valence-corrected chi connectivity index (χ3v) is 5.85. The van der Waals surface area contributed by atoms with E-state index >= 15 is 0 Å². The number of halogens is 1. The maximum Gasteiger partial charge on any atom is 0.318 e. The second kappa shape index (κ2) is 6.43. The SMILES string of the molecule is O=C(NC1CCOCC1)N1C2CCC1CC(n1cc(Br)cn1)C2. The molecular weight excluding hydrogens is 360 g/mol. The Morgan fingerprint density at radius 2 is 1.87 bits per heavy atom. The fraction of sp³-hybridized carbons (Fsp3) is 0.750. The summed E-state index contributed by atoms with van der Waals surface area (Å²) in [5, 5.41) is 7.66. The van der Waals surface area contributed by atoms with Crippen LogP contribution in [-0.4, -0.2) is 52.1 Å². The molecule has 2 amide bonds. The van der Waals surface area contributed by atoms with Crippen molar-refractivity contribution in [2.24, 2.45) is 0 Å². The van der Waals surface area contributed by atoms with Gasteiger partial charge < -0.3 is 15.0 Å². The van der Waals surface area contributed by atoms with Gasteiger partial charge in [-0.25, -0.2) is 4.79 Å². The van der Waals surface area contributed by atoms with Crippen LogP contribution in [0.5, 0.6) is 0 Å². The zero-order valence-corrected chi connectivity index (χ0v) is 14.7. The van der Waals surface area contributed by atoms with Crippen LogP contribution in [0.4, 0.5) is 4.79 Å². The van der Waals surface area contributed by atoms with E-state index in [0.29, 0.717) is 18.1 Å². The van der Waals surface area contributed by atoms with Crippen LogP contribution in [0.1, 0.15) is 44.6 Å². The summed E-state index contributed by atoms with van der Waals surface area (Å²) >= 11 is 3.47. The molecule has 1 aromatic rings. The molecule has 0 saturated carbocycles. The van der Waals surface area contributed by atoms with E-state index in [0.717, 1.165) is 56.2 Å². The topological polar surface area (TPSA) is 59.4 Å². The Bertz CT molecular complexity index is 558. The number of hydrogen-bond acceptors (Lipinski definition) is 3. The fourth-order valence-corrected chi connectivity index (χ4v) is 4.60. The summed E-state index contributed by atoms with van der Waals surface area (Å²) in [6, 6.07) is 1.51. The predicted octanol–water partition coefficient (Wildman–Crippen LogP) is 2.70. The van der Waals surface area contributed by atoms with E-state index in [1.165, 1.54) is 0 Å². The first-order valence-electron chi connectivity index (χ1n) is 8.57. The van der Waals surface area contributed by atoms with Gasteiger partial charge in [0.05, 0.1) is 16.7 Å². The Morgan fingerprint density at radius 3 is 2.48 bits per heavy atom. The summed E-state index contributed by atoms with van der Waals surface area (Å²) in [5.41, 5.74) is 0. The molecule has 0 aromatic carbocycles. The van der Waals surface area contributed by atoms with Gasteiger partial charge in [-0.1, -0.05) is 0 Å².